The molecule has 0 spiro atoms. The third-order valence-corrected chi connectivity index (χ3v) is 16.8. The maximum atomic E-state index is 13.3. The molecule has 5 aromatic carbocycles. The van der Waals surface area contributed by atoms with E-state index < -0.39 is 24.0 Å². The number of unbranched alkanes of at least 4 members (excludes halogenated alkanes) is 11. The molecule has 0 radical (unpaired) electrons. The molecular formula is C73H98O9. The lowest BCUT2D eigenvalue weighted by Crippen LogP contribution is -2.19. The average molecular weight is 1120 g/mol. The summed E-state index contributed by atoms with van der Waals surface area (Å²) in [5, 5.41) is 0. The zero-order valence-corrected chi connectivity index (χ0v) is 50.6. The van der Waals surface area contributed by atoms with Crippen molar-refractivity contribution in [2.75, 3.05) is 13.2 Å². The van der Waals surface area contributed by atoms with Crippen LogP contribution in [-0.2, 0) is 14.2 Å². The summed E-state index contributed by atoms with van der Waals surface area (Å²) in [5.41, 5.74) is 5.35. The maximum absolute atomic E-state index is 13.3. The quantitative estimate of drug-likeness (QED) is 0.0180. The predicted octanol–water partition coefficient (Wildman–Crippen LogP) is 19.9. The molecule has 7 rings (SSSR count). The molecule has 0 N–H and O–H groups in total. The van der Waals surface area contributed by atoms with E-state index in [1.807, 2.05) is 61.5 Å². The van der Waals surface area contributed by atoms with Crippen molar-refractivity contribution in [2.45, 2.75) is 226 Å². The second-order valence-electron chi connectivity index (χ2n) is 23.3. The molecule has 0 saturated heterocycles. The molecule has 2 saturated carbocycles. The van der Waals surface area contributed by atoms with Crippen LogP contribution in [0.4, 0.5) is 0 Å². The number of carbonyl (C=O) groups is 4. The molecule has 82 heavy (non-hydrogen) atoms. The van der Waals surface area contributed by atoms with E-state index in [2.05, 4.69) is 52.0 Å². The van der Waals surface area contributed by atoms with Gasteiger partial charge in [-0.05, 0) is 191 Å². The van der Waals surface area contributed by atoms with Gasteiger partial charge in [0.25, 0.3) is 0 Å². The van der Waals surface area contributed by atoms with Gasteiger partial charge >= 0.3 is 23.9 Å². The lowest BCUT2D eigenvalue weighted by atomic mass is 9.77. The molecule has 2 aliphatic rings. The van der Waals surface area contributed by atoms with Gasteiger partial charge in [-0.25, -0.2) is 19.2 Å². The zero-order valence-electron chi connectivity index (χ0n) is 50.6. The first-order chi connectivity index (χ1) is 40.1. The summed E-state index contributed by atoms with van der Waals surface area (Å²) in [4.78, 5) is 51.2. The van der Waals surface area contributed by atoms with Crippen molar-refractivity contribution in [1.29, 1.82) is 0 Å². The van der Waals surface area contributed by atoms with Crippen molar-refractivity contribution in [3.63, 3.8) is 0 Å². The fourth-order valence-corrected chi connectivity index (χ4v) is 11.6. The summed E-state index contributed by atoms with van der Waals surface area (Å²) in [6.45, 7) is 11.5. The Morgan fingerprint density at radius 2 is 0.854 bits per heavy atom. The van der Waals surface area contributed by atoms with Gasteiger partial charge in [0.2, 0.25) is 0 Å². The normalized spacial score (nSPS) is 17.5. The summed E-state index contributed by atoms with van der Waals surface area (Å²) >= 11 is 0. The first kappa shape index (κ1) is 64.9. The van der Waals surface area contributed by atoms with E-state index in [9.17, 15) is 19.2 Å². The molecule has 2 atom stereocenters. The van der Waals surface area contributed by atoms with Crippen LogP contribution < -0.4 is 9.47 Å². The summed E-state index contributed by atoms with van der Waals surface area (Å²) in [6.07, 6.45) is 31.5. The Kier molecular flexibility index (Phi) is 29.4. The number of rotatable bonds is 32. The van der Waals surface area contributed by atoms with E-state index in [-0.39, 0.29) is 18.7 Å². The van der Waals surface area contributed by atoms with Gasteiger partial charge in [-0.15, -0.1) is 0 Å². The SMILES string of the molecule is CCCCCC1CCC(c2ccc(C(=O)OC[C@H](OC(=O)c3ccc(C4CCC(CCCCC)CC4)cc3)c3ccccc3)cc2)CC1.CCCCCCC[C@H](C)OC(=O)c1ccc(OC(=O)c2ccc(OCCCCCC)cc2)cc1. The minimum atomic E-state index is -0.697. The molecule has 0 aliphatic heterocycles. The summed E-state index contributed by atoms with van der Waals surface area (Å²) in [7, 11) is 0. The molecular weight excluding hydrogens is 1020 g/mol. The van der Waals surface area contributed by atoms with Gasteiger partial charge in [0.05, 0.1) is 35.0 Å². The maximum Gasteiger partial charge on any atom is 0.343 e. The van der Waals surface area contributed by atoms with E-state index in [0.717, 1.165) is 48.8 Å². The van der Waals surface area contributed by atoms with Crippen molar-refractivity contribution >= 4 is 23.9 Å². The summed E-state index contributed by atoms with van der Waals surface area (Å²) < 4.78 is 28.4. The Morgan fingerprint density at radius 1 is 0.427 bits per heavy atom. The highest BCUT2D eigenvalue weighted by Gasteiger charge is 2.26. The second-order valence-corrected chi connectivity index (χ2v) is 23.3. The standard InChI is InChI=1S/C44H58O4.C29H40O5/c1-3-5-8-12-33-16-20-35(21-17-33)37-24-28-40(29-25-37)43(45)47-32-42(39-14-10-7-11-15-39)48-44(46)41-30-26-38(27-31-41)36-22-18-34(19-23-36)13-9-6-4-2;1-4-6-8-10-11-13-23(3)33-28(30)24-16-20-27(21-17-24)34-29(31)25-14-18-26(19-15-25)32-22-12-9-7-5-2/h7,10-11,14-15,24-31,33-36,42H,3-6,8-9,12-13,16-23,32H2,1-2H3;14-21,23H,4-13,22H2,1-3H3/t33?,34?,35?,36?,42-;23-/m00/s1. The fraction of sp³-hybridized carbons (Fsp3) is 0.534. The highest BCUT2D eigenvalue weighted by atomic mass is 16.6. The van der Waals surface area contributed by atoms with Crippen LogP contribution in [0.1, 0.15) is 278 Å². The van der Waals surface area contributed by atoms with Gasteiger partial charge in [0.15, 0.2) is 6.10 Å². The largest absolute Gasteiger partial charge is 0.494 e. The van der Waals surface area contributed by atoms with Crippen molar-refractivity contribution in [3.05, 3.63) is 166 Å². The molecule has 0 heterocycles. The Hall–Kier alpha value is -6.22. The lowest BCUT2D eigenvalue weighted by molar-refractivity contribution is -0.00134. The number of hydrogen-bond acceptors (Lipinski definition) is 9. The summed E-state index contributed by atoms with van der Waals surface area (Å²) in [6, 6.07) is 38.9. The third kappa shape index (κ3) is 22.8. The Labute approximate surface area is 493 Å². The van der Waals surface area contributed by atoms with Crippen LogP contribution >= 0.6 is 0 Å². The molecule has 0 amide bonds. The van der Waals surface area contributed by atoms with Crippen LogP contribution in [0.5, 0.6) is 11.5 Å². The van der Waals surface area contributed by atoms with E-state index in [4.69, 9.17) is 23.7 Å². The van der Waals surface area contributed by atoms with Crippen molar-refractivity contribution < 1.29 is 42.9 Å². The highest BCUT2D eigenvalue weighted by molar-refractivity contribution is 5.92. The number of hydrogen-bond donors (Lipinski definition) is 0. The zero-order chi connectivity index (χ0) is 58.2. The van der Waals surface area contributed by atoms with Gasteiger partial charge in [0.1, 0.15) is 18.1 Å². The van der Waals surface area contributed by atoms with Crippen molar-refractivity contribution in [3.8, 4) is 11.5 Å². The average Bonchev–Trinajstić information content (AvgIpc) is 3.55. The molecule has 9 heteroatoms. The molecule has 5 aromatic rings. The minimum absolute atomic E-state index is 0.0437. The fourth-order valence-electron chi connectivity index (χ4n) is 11.6. The molecule has 0 unspecified atom stereocenters. The summed E-state index contributed by atoms with van der Waals surface area (Å²) in [5.74, 6) is 2.39. The number of carbonyl (C=O) groups excluding carboxylic acids is 4. The van der Waals surface area contributed by atoms with Crippen LogP contribution in [-0.4, -0.2) is 43.2 Å². The molecule has 444 valence electrons. The van der Waals surface area contributed by atoms with Gasteiger partial charge < -0.3 is 23.7 Å². The predicted molar refractivity (Wildman–Crippen MR) is 331 cm³/mol. The third-order valence-electron chi connectivity index (χ3n) is 16.8. The smallest absolute Gasteiger partial charge is 0.343 e. The first-order valence-corrected chi connectivity index (χ1v) is 32.0. The monoisotopic (exact) mass is 1120 g/mol. The molecule has 2 fully saturated rings. The first-order valence-electron chi connectivity index (χ1n) is 32.0. The van der Waals surface area contributed by atoms with Crippen molar-refractivity contribution in [1.82, 2.24) is 0 Å². The second kappa shape index (κ2) is 37.1. The number of benzene rings is 5. The van der Waals surface area contributed by atoms with E-state index in [0.29, 0.717) is 46.4 Å². The topological polar surface area (TPSA) is 114 Å². The van der Waals surface area contributed by atoms with Crippen LogP contribution in [0.3, 0.4) is 0 Å². The number of ether oxygens (including phenoxy) is 5. The lowest BCUT2D eigenvalue weighted by Gasteiger charge is -2.29. The Morgan fingerprint density at radius 3 is 1.37 bits per heavy atom. The number of esters is 4. The van der Waals surface area contributed by atoms with E-state index in [1.54, 1.807) is 48.5 Å². The van der Waals surface area contributed by atoms with Gasteiger partial charge in [-0.3, -0.25) is 0 Å². The van der Waals surface area contributed by atoms with Gasteiger partial charge in [0, 0.05) is 0 Å². The molecule has 0 bridgehead atoms. The van der Waals surface area contributed by atoms with Crippen LogP contribution in [0.15, 0.2) is 127 Å². The Balaban J connectivity index is 0.000000281. The van der Waals surface area contributed by atoms with Crippen LogP contribution in [0.25, 0.3) is 0 Å². The van der Waals surface area contributed by atoms with Crippen LogP contribution in [0.2, 0.25) is 0 Å². The van der Waals surface area contributed by atoms with Crippen molar-refractivity contribution in [2.24, 2.45) is 11.8 Å². The van der Waals surface area contributed by atoms with Crippen LogP contribution in [0, 0.1) is 11.8 Å². The van der Waals surface area contributed by atoms with E-state index >= 15 is 0 Å². The molecule has 0 aromatic heterocycles. The minimum Gasteiger partial charge on any atom is -0.494 e. The molecule has 2 aliphatic carbocycles. The van der Waals surface area contributed by atoms with Gasteiger partial charge in [-0.1, -0.05) is 179 Å². The van der Waals surface area contributed by atoms with E-state index in [1.165, 1.54) is 152 Å². The highest BCUT2D eigenvalue weighted by Crippen LogP contribution is 2.39. The Bertz CT molecular complexity index is 2560. The van der Waals surface area contributed by atoms with Gasteiger partial charge in [-0.2, -0.15) is 0 Å². The molecule has 9 nitrogen and oxygen atoms in total.